The van der Waals surface area contributed by atoms with Crippen LogP contribution in [-0.2, 0) is 6.54 Å². The number of furan rings is 1. The summed E-state index contributed by atoms with van der Waals surface area (Å²) in [5.74, 6) is 0.801. The van der Waals surface area contributed by atoms with E-state index in [-0.39, 0.29) is 0 Å². The normalized spacial score (nSPS) is 11.5. The first kappa shape index (κ1) is 10.2. The lowest BCUT2D eigenvalue weighted by molar-refractivity contribution is 0.509. The summed E-state index contributed by atoms with van der Waals surface area (Å²) in [7, 11) is 0. The number of thiazole rings is 1. The Morgan fingerprint density at radius 1 is 1.18 bits per heavy atom. The molecule has 0 saturated heterocycles. The van der Waals surface area contributed by atoms with E-state index in [0.717, 1.165) is 16.0 Å². The molecule has 0 aliphatic rings. The van der Waals surface area contributed by atoms with E-state index in [9.17, 15) is 0 Å². The van der Waals surface area contributed by atoms with Gasteiger partial charge < -0.3 is 4.42 Å². The van der Waals surface area contributed by atoms with Crippen LogP contribution in [0.1, 0.15) is 5.76 Å². The van der Waals surface area contributed by atoms with Gasteiger partial charge >= 0.3 is 0 Å². The molecule has 17 heavy (non-hydrogen) atoms. The molecule has 0 fully saturated rings. The predicted octanol–water partition coefficient (Wildman–Crippen LogP) is 4.17. The van der Waals surface area contributed by atoms with E-state index in [1.165, 1.54) is 11.3 Å². The average molecular weight is 243 g/mol. The standard InChI is InChI=1S/C12H9N3OS/c1-2-6-11-10(5-1)14-12(17-11)15-13-8-9-4-3-7-16-9/h1-7H,8H2. The Morgan fingerprint density at radius 3 is 2.94 bits per heavy atom. The predicted molar refractivity (Wildman–Crippen MR) is 66.5 cm³/mol. The van der Waals surface area contributed by atoms with Crippen LogP contribution in [0.2, 0.25) is 0 Å². The Morgan fingerprint density at radius 2 is 2.12 bits per heavy atom. The Labute approximate surface area is 102 Å². The van der Waals surface area contributed by atoms with Gasteiger partial charge in [0.2, 0.25) is 5.13 Å². The van der Waals surface area contributed by atoms with Crippen molar-refractivity contribution in [1.29, 1.82) is 0 Å². The molecule has 0 N–H and O–H groups in total. The average Bonchev–Trinajstić information content (AvgIpc) is 2.96. The largest absolute Gasteiger partial charge is 0.467 e. The van der Waals surface area contributed by atoms with Crippen LogP contribution < -0.4 is 0 Å². The summed E-state index contributed by atoms with van der Waals surface area (Å²) in [6.45, 7) is 0.447. The lowest BCUT2D eigenvalue weighted by Crippen LogP contribution is -1.72. The van der Waals surface area contributed by atoms with Gasteiger partial charge in [-0.1, -0.05) is 23.5 Å². The molecular formula is C12H9N3OS. The number of rotatable bonds is 3. The maximum Gasteiger partial charge on any atom is 0.230 e. The van der Waals surface area contributed by atoms with Crippen molar-refractivity contribution in [2.75, 3.05) is 0 Å². The molecule has 0 saturated carbocycles. The number of para-hydroxylation sites is 1. The third-order valence-electron chi connectivity index (χ3n) is 2.25. The van der Waals surface area contributed by atoms with Crippen molar-refractivity contribution in [1.82, 2.24) is 4.98 Å². The smallest absolute Gasteiger partial charge is 0.230 e. The molecule has 5 heteroatoms. The van der Waals surface area contributed by atoms with Crippen LogP contribution in [0.15, 0.2) is 57.3 Å². The molecule has 3 rings (SSSR count). The summed E-state index contributed by atoms with van der Waals surface area (Å²) in [4.78, 5) is 4.36. The number of azo groups is 1. The van der Waals surface area contributed by atoms with Crippen LogP contribution in [0.25, 0.3) is 10.2 Å². The van der Waals surface area contributed by atoms with Crippen LogP contribution in [-0.4, -0.2) is 4.98 Å². The van der Waals surface area contributed by atoms with Crippen molar-refractivity contribution in [3.63, 3.8) is 0 Å². The first-order chi connectivity index (χ1) is 8.42. The zero-order valence-electron chi connectivity index (χ0n) is 8.91. The topological polar surface area (TPSA) is 50.8 Å². The first-order valence-corrected chi connectivity index (χ1v) is 5.99. The number of hydrogen-bond acceptors (Lipinski definition) is 5. The molecule has 0 radical (unpaired) electrons. The van der Waals surface area contributed by atoms with E-state index in [2.05, 4.69) is 15.2 Å². The van der Waals surface area contributed by atoms with E-state index in [1.807, 2.05) is 36.4 Å². The Balaban J connectivity index is 1.78. The van der Waals surface area contributed by atoms with Crippen LogP contribution in [0.5, 0.6) is 0 Å². The summed E-state index contributed by atoms with van der Waals surface area (Å²) in [6.07, 6.45) is 1.63. The van der Waals surface area contributed by atoms with Crippen LogP contribution in [0.3, 0.4) is 0 Å². The maximum atomic E-state index is 5.16. The van der Waals surface area contributed by atoms with Crippen molar-refractivity contribution < 1.29 is 4.42 Å². The molecule has 0 atom stereocenters. The highest BCUT2D eigenvalue weighted by Gasteiger charge is 2.01. The summed E-state index contributed by atoms with van der Waals surface area (Å²) in [5.41, 5.74) is 0.962. The van der Waals surface area contributed by atoms with Gasteiger partial charge in [-0.25, -0.2) is 4.98 Å². The van der Waals surface area contributed by atoms with Gasteiger partial charge in [0.05, 0.1) is 16.5 Å². The molecule has 1 aromatic carbocycles. The van der Waals surface area contributed by atoms with Crippen molar-refractivity contribution in [2.24, 2.45) is 10.2 Å². The fourth-order valence-electron chi connectivity index (χ4n) is 1.47. The first-order valence-electron chi connectivity index (χ1n) is 5.17. The summed E-state index contributed by atoms with van der Waals surface area (Å²) < 4.78 is 6.28. The zero-order chi connectivity index (χ0) is 11.5. The van der Waals surface area contributed by atoms with E-state index in [0.29, 0.717) is 11.7 Å². The van der Waals surface area contributed by atoms with Gasteiger partial charge in [0.1, 0.15) is 12.3 Å². The zero-order valence-corrected chi connectivity index (χ0v) is 9.72. The quantitative estimate of drug-likeness (QED) is 0.648. The molecular weight excluding hydrogens is 234 g/mol. The third-order valence-corrected chi connectivity index (χ3v) is 3.17. The van der Waals surface area contributed by atoms with Crippen molar-refractivity contribution >= 4 is 26.7 Å². The lowest BCUT2D eigenvalue weighted by Gasteiger charge is -1.85. The number of hydrogen-bond donors (Lipinski definition) is 0. The summed E-state index contributed by atoms with van der Waals surface area (Å²) >= 11 is 1.53. The fourth-order valence-corrected chi connectivity index (χ4v) is 2.28. The SMILES string of the molecule is c1coc(CN=Nc2nc3ccccc3s2)c1. The van der Waals surface area contributed by atoms with Gasteiger partial charge in [0.25, 0.3) is 0 Å². The van der Waals surface area contributed by atoms with E-state index in [1.54, 1.807) is 6.26 Å². The minimum atomic E-state index is 0.447. The highest BCUT2D eigenvalue weighted by atomic mass is 32.1. The Hall–Kier alpha value is -2.01. The van der Waals surface area contributed by atoms with Gasteiger partial charge in [-0.15, -0.1) is 5.11 Å². The summed E-state index contributed by atoms with van der Waals surface area (Å²) in [5, 5.41) is 8.83. The van der Waals surface area contributed by atoms with Crippen molar-refractivity contribution in [3.8, 4) is 0 Å². The minimum Gasteiger partial charge on any atom is -0.467 e. The summed E-state index contributed by atoms with van der Waals surface area (Å²) in [6, 6.07) is 11.7. The molecule has 0 unspecified atom stereocenters. The number of aromatic nitrogens is 1. The molecule has 0 aliphatic carbocycles. The Bertz CT molecular complexity index is 610. The highest BCUT2D eigenvalue weighted by molar-refractivity contribution is 7.21. The minimum absolute atomic E-state index is 0.447. The van der Waals surface area contributed by atoms with Gasteiger partial charge in [-0.2, -0.15) is 5.11 Å². The second-order valence-electron chi connectivity index (χ2n) is 3.44. The van der Waals surface area contributed by atoms with E-state index >= 15 is 0 Å². The molecule has 2 aromatic heterocycles. The maximum absolute atomic E-state index is 5.16. The third kappa shape index (κ3) is 2.24. The molecule has 84 valence electrons. The molecule has 2 heterocycles. The van der Waals surface area contributed by atoms with Crippen LogP contribution >= 0.6 is 11.3 Å². The molecule has 4 nitrogen and oxygen atoms in total. The molecule has 3 aromatic rings. The van der Waals surface area contributed by atoms with Gasteiger partial charge in [0, 0.05) is 0 Å². The number of benzene rings is 1. The molecule has 0 amide bonds. The highest BCUT2D eigenvalue weighted by Crippen LogP contribution is 2.27. The fraction of sp³-hybridized carbons (Fsp3) is 0.0833. The van der Waals surface area contributed by atoms with Gasteiger partial charge in [0.15, 0.2) is 0 Å². The monoisotopic (exact) mass is 243 g/mol. The van der Waals surface area contributed by atoms with Gasteiger partial charge in [-0.05, 0) is 24.3 Å². The lowest BCUT2D eigenvalue weighted by atomic mass is 10.3. The van der Waals surface area contributed by atoms with E-state index < -0.39 is 0 Å². The Kier molecular flexibility index (Phi) is 2.67. The number of fused-ring (bicyclic) bond motifs is 1. The number of nitrogens with zero attached hydrogens (tertiary/aromatic N) is 3. The van der Waals surface area contributed by atoms with Gasteiger partial charge in [-0.3, -0.25) is 0 Å². The van der Waals surface area contributed by atoms with Crippen molar-refractivity contribution in [3.05, 3.63) is 48.4 Å². The molecule has 0 spiro atoms. The molecule has 0 aliphatic heterocycles. The molecule has 0 bridgehead atoms. The van der Waals surface area contributed by atoms with Crippen molar-refractivity contribution in [2.45, 2.75) is 6.54 Å². The van der Waals surface area contributed by atoms with Crippen LogP contribution in [0, 0.1) is 0 Å². The second kappa shape index (κ2) is 4.47. The van der Waals surface area contributed by atoms with E-state index in [4.69, 9.17) is 4.42 Å². The van der Waals surface area contributed by atoms with Crippen LogP contribution in [0.4, 0.5) is 5.13 Å². The second-order valence-corrected chi connectivity index (χ2v) is 4.45.